The molecule has 1 aromatic rings. The van der Waals surface area contributed by atoms with E-state index in [4.69, 9.17) is 5.11 Å². The second-order valence-corrected chi connectivity index (χ2v) is 6.13. The highest BCUT2D eigenvalue weighted by molar-refractivity contribution is 7.89. The Morgan fingerprint density at radius 3 is 2.16 bits per heavy atom. The lowest BCUT2D eigenvalue weighted by Gasteiger charge is -2.13. The molecule has 0 spiro atoms. The summed E-state index contributed by atoms with van der Waals surface area (Å²) in [6.45, 7) is 4.43. The van der Waals surface area contributed by atoms with Gasteiger partial charge in [0.2, 0.25) is 10.0 Å². The molecule has 0 saturated heterocycles. The first kappa shape index (κ1) is 15.7. The summed E-state index contributed by atoms with van der Waals surface area (Å²) >= 11 is 0. The van der Waals surface area contributed by atoms with Gasteiger partial charge in [-0.3, -0.25) is 0 Å². The Hall–Kier alpha value is -1.40. The van der Waals surface area contributed by atoms with E-state index >= 15 is 0 Å². The summed E-state index contributed by atoms with van der Waals surface area (Å²) in [5.74, 6) is -0.762. The second kappa shape index (κ2) is 6.68. The van der Waals surface area contributed by atoms with Crippen LogP contribution in [0.5, 0.6) is 0 Å². The standard InChI is InChI=1S/C13H19NO4S/c1-3-10(4-2)9-14-19(17,18)12-7-5-11(6-8-12)13(15)16/h5-8,10,14H,3-4,9H2,1-2H3,(H,15,16). The van der Waals surface area contributed by atoms with Crippen molar-refractivity contribution in [3.8, 4) is 0 Å². The molecule has 0 fully saturated rings. The first-order valence-electron chi connectivity index (χ1n) is 6.23. The summed E-state index contributed by atoms with van der Waals surface area (Å²) in [4.78, 5) is 10.8. The summed E-state index contributed by atoms with van der Waals surface area (Å²) in [6.07, 6.45) is 1.83. The number of hydrogen-bond donors (Lipinski definition) is 2. The summed E-state index contributed by atoms with van der Waals surface area (Å²) in [5, 5.41) is 8.75. The number of carboxylic acids is 1. The number of hydrogen-bond acceptors (Lipinski definition) is 3. The summed E-state index contributed by atoms with van der Waals surface area (Å²) < 4.78 is 26.5. The van der Waals surface area contributed by atoms with Gasteiger partial charge in [-0.25, -0.2) is 17.9 Å². The van der Waals surface area contributed by atoms with E-state index in [1.165, 1.54) is 24.3 Å². The number of benzene rings is 1. The molecule has 0 heterocycles. The molecule has 5 nitrogen and oxygen atoms in total. The highest BCUT2D eigenvalue weighted by Crippen LogP contribution is 2.12. The molecule has 0 atom stereocenters. The van der Waals surface area contributed by atoms with Crippen LogP contribution < -0.4 is 4.72 Å². The van der Waals surface area contributed by atoms with Gasteiger partial charge in [-0.2, -0.15) is 0 Å². The van der Waals surface area contributed by atoms with Gasteiger partial charge in [-0.15, -0.1) is 0 Å². The van der Waals surface area contributed by atoms with Gasteiger partial charge < -0.3 is 5.11 Å². The molecule has 0 aliphatic carbocycles. The van der Waals surface area contributed by atoms with Crippen LogP contribution in [-0.2, 0) is 10.0 Å². The average Bonchev–Trinajstić information content (AvgIpc) is 2.40. The van der Waals surface area contributed by atoms with Gasteiger partial charge in [0.15, 0.2) is 0 Å². The van der Waals surface area contributed by atoms with Crippen LogP contribution in [-0.4, -0.2) is 26.0 Å². The van der Waals surface area contributed by atoms with Crippen molar-refractivity contribution in [2.24, 2.45) is 5.92 Å². The molecule has 19 heavy (non-hydrogen) atoms. The average molecular weight is 285 g/mol. The van der Waals surface area contributed by atoms with Crippen molar-refractivity contribution in [2.75, 3.05) is 6.54 Å². The third-order valence-corrected chi connectivity index (χ3v) is 4.57. The van der Waals surface area contributed by atoms with Crippen LogP contribution in [0.4, 0.5) is 0 Å². The predicted molar refractivity (Wildman–Crippen MR) is 72.7 cm³/mol. The zero-order valence-corrected chi connectivity index (χ0v) is 11.9. The predicted octanol–water partition coefficient (Wildman–Crippen LogP) is 2.10. The summed E-state index contributed by atoms with van der Waals surface area (Å²) in [6, 6.07) is 5.18. The molecule has 0 radical (unpaired) electrons. The molecule has 6 heteroatoms. The largest absolute Gasteiger partial charge is 0.478 e. The van der Waals surface area contributed by atoms with E-state index in [-0.39, 0.29) is 10.5 Å². The number of carboxylic acid groups (broad SMARTS) is 1. The Kier molecular flexibility index (Phi) is 5.50. The molecule has 0 aliphatic rings. The number of nitrogens with one attached hydrogen (secondary N) is 1. The Morgan fingerprint density at radius 2 is 1.74 bits per heavy atom. The van der Waals surface area contributed by atoms with Crippen molar-refractivity contribution in [3.05, 3.63) is 29.8 Å². The number of aromatic carboxylic acids is 1. The lowest BCUT2D eigenvalue weighted by molar-refractivity contribution is 0.0696. The van der Waals surface area contributed by atoms with E-state index in [0.717, 1.165) is 12.8 Å². The molecule has 0 saturated carbocycles. The minimum absolute atomic E-state index is 0.0685. The van der Waals surface area contributed by atoms with E-state index in [2.05, 4.69) is 4.72 Å². The zero-order valence-electron chi connectivity index (χ0n) is 11.1. The molecule has 0 bridgehead atoms. The second-order valence-electron chi connectivity index (χ2n) is 4.36. The van der Waals surface area contributed by atoms with Crippen molar-refractivity contribution < 1.29 is 18.3 Å². The first-order valence-corrected chi connectivity index (χ1v) is 7.72. The topological polar surface area (TPSA) is 83.5 Å². The lowest BCUT2D eigenvalue weighted by Crippen LogP contribution is -2.29. The van der Waals surface area contributed by atoms with Gasteiger partial charge in [-0.05, 0) is 30.2 Å². The van der Waals surface area contributed by atoms with E-state index in [9.17, 15) is 13.2 Å². The molecule has 2 N–H and O–H groups in total. The van der Waals surface area contributed by atoms with Crippen molar-refractivity contribution in [1.29, 1.82) is 0 Å². The van der Waals surface area contributed by atoms with Gasteiger partial charge in [-0.1, -0.05) is 26.7 Å². The fourth-order valence-corrected chi connectivity index (χ4v) is 2.78. The third kappa shape index (κ3) is 4.33. The maximum Gasteiger partial charge on any atom is 0.335 e. The SMILES string of the molecule is CCC(CC)CNS(=O)(=O)c1ccc(C(=O)O)cc1. The summed E-state index contributed by atoms with van der Waals surface area (Å²) in [7, 11) is -3.56. The first-order chi connectivity index (χ1) is 8.90. The van der Waals surface area contributed by atoms with Crippen LogP contribution in [0, 0.1) is 5.92 Å². The molecule has 0 aromatic heterocycles. The number of rotatable bonds is 7. The molecule has 106 valence electrons. The van der Waals surface area contributed by atoms with Gasteiger partial charge in [0.05, 0.1) is 10.5 Å². The lowest BCUT2D eigenvalue weighted by atomic mass is 10.0. The van der Waals surface area contributed by atoms with Gasteiger partial charge >= 0.3 is 5.97 Å². The van der Waals surface area contributed by atoms with E-state index in [1.54, 1.807) is 0 Å². The van der Waals surface area contributed by atoms with Crippen molar-refractivity contribution in [2.45, 2.75) is 31.6 Å². The maximum atomic E-state index is 12.0. The van der Waals surface area contributed by atoms with Gasteiger partial charge in [0.25, 0.3) is 0 Å². The minimum Gasteiger partial charge on any atom is -0.478 e. The normalized spacial score (nSPS) is 11.7. The number of sulfonamides is 1. The Balaban J connectivity index is 2.80. The maximum absolute atomic E-state index is 12.0. The fraction of sp³-hybridized carbons (Fsp3) is 0.462. The molecule has 1 rings (SSSR count). The summed E-state index contributed by atoms with van der Waals surface area (Å²) in [5.41, 5.74) is 0.0685. The van der Waals surface area contributed by atoms with Crippen molar-refractivity contribution in [3.63, 3.8) is 0 Å². The Bertz CT molecular complexity index is 518. The van der Waals surface area contributed by atoms with Crippen LogP contribution in [0.25, 0.3) is 0 Å². The highest BCUT2D eigenvalue weighted by Gasteiger charge is 2.16. The van der Waals surface area contributed by atoms with Crippen LogP contribution in [0.3, 0.4) is 0 Å². The van der Waals surface area contributed by atoms with E-state index in [1.807, 2.05) is 13.8 Å². The van der Waals surface area contributed by atoms with Crippen molar-refractivity contribution in [1.82, 2.24) is 4.72 Å². The monoisotopic (exact) mass is 285 g/mol. The quantitative estimate of drug-likeness (QED) is 0.803. The highest BCUT2D eigenvalue weighted by atomic mass is 32.2. The van der Waals surface area contributed by atoms with E-state index < -0.39 is 16.0 Å². The zero-order chi connectivity index (χ0) is 14.5. The van der Waals surface area contributed by atoms with Crippen molar-refractivity contribution >= 4 is 16.0 Å². The van der Waals surface area contributed by atoms with Gasteiger partial charge in [0.1, 0.15) is 0 Å². The fourth-order valence-electron chi connectivity index (χ4n) is 1.66. The molecule has 0 unspecified atom stereocenters. The third-order valence-electron chi connectivity index (χ3n) is 3.13. The van der Waals surface area contributed by atoms with E-state index in [0.29, 0.717) is 12.5 Å². The van der Waals surface area contributed by atoms with Crippen LogP contribution >= 0.6 is 0 Å². The molecular weight excluding hydrogens is 266 g/mol. The Labute approximate surface area is 113 Å². The smallest absolute Gasteiger partial charge is 0.335 e. The minimum atomic E-state index is -3.56. The van der Waals surface area contributed by atoms with Crippen LogP contribution in [0.15, 0.2) is 29.2 Å². The van der Waals surface area contributed by atoms with Crippen LogP contribution in [0.2, 0.25) is 0 Å². The van der Waals surface area contributed by atoms with Gasteiger partial charge in [0, 0.05) is 6.54 Å². The molecule has 1 aromatic carbocycles. The Morgan fingerprint density at radius 1 is 1.21 bits per heavy atom. The molecular formula is C13H19NO4S. The molecule has 0 amide bonds. The van der Waals surface area contributed by atoms with Crippen LogP contribution in [0.1, 0.15) is 37.0 Å². The molecule has 0 aliphatic heterocycles. The number of carbonyl (C=O) groups is 1.